The van der Waals surface area contributed by atoms with E-state index < -0.39 is 10.0 Å². The van der Waals surface area contributed by atoms with Crippen molar-refractivity contribution in [1.82, 2.24) is 19.5 Å². The van der Waals surface area contributed by atoms with E-state index in [0.29, 0.717) is 5.03 Å². The lowest BCUT2D eigenvalue weighted by molar-refractivity contribution is 0.103. The minimum Gasteiger partial charge on any atom is -0.352 e. The lowest BCUT2D eigenvalue weighted by Gasteiger charge is -2.43. The van der Waals surface area contributed by atoms with Crippen molar-refractivity contribution < 1.29 is 8.42 Å². The van der Waals surface area contributed by atoms with Gasteiger partial charge in [-0.25, -0.2) is 13.1 Å². The largest absolute Gasteiger partial charge is 0.352 e. The molecule has 1 saturated heterocycles. The Balaban J connectivity index is 1.68. The summed E-state index contributed by atoms with van der Waals surface area (Å²) in [5.41, 5.74) is 1.76. The van der Waals surface area contributed by atoms with Gasteiger partial charge in [0.05, 0.1) is 22.2 Å². The first kappa shape index (κ1) is 19.4. The third-order valence-corrected chi connectivity index (χ3v) is 6.69. The fourth-order valence-corrected chi connectivity index (χ4v) is 4.68. The quantitative estimate of drug-likeness (QED) is 0.826. The maximum atomic E-state index is 11.8. The van der Waals surface area contributed by atoms with Crippen molar-refractivity contribution in [1.29, 1.82) is 0 Å². The lowest BCUT2D eigenvalue weighted by atomic mass is 10.0. The summed E-state index contributed by atoms with van der Waals surface area (Å²) in [6, 6.07) is 5.81. The number of halogens is 1. The Hall–Kier alpha value is -1.41. The number of rotatable bonds is 5. The SMILES string of the molecule is CCS(=O)(=O)NC1CCN(C2C=CC(Cl)=C(c3ccccn3)N2C)CC1. The number of sulfonamides is 1. The summed E-state index contributed by atoms with van der Waals surface area (Å²) < 4.78 is 26.3. The fraction of sp³-hybridized carbons (Fsp3) is 0.500. The van der Waals surface area contributed by atoms with E-state index in [0.717, 1.165) is 37.3 Å². The van der Waals surface area contributed by atoms with Crippen molar-refractivity contribution in [2.45, 2.75) is 32.0 Å². The van der Waals surface area contributed by atoms with Crippen LogP contribution >= 0.6 is 11.6 Å². The minimum atomic E-state index is -3.15. The van der Waals surface area contributed by atoms with Gasteiger partial charge in [0.25, 0.3) is 0 Å². The van der Waals surface area contributed by atoms with Gasteiger partial charge in [0, 0.05) is 32.4 Å². The molecule has 1 N–H and O–H groups in total. The van der Waals surface area contributed by atoms with Crippen LogP contribution in [0.2, 0.25) is 0 Å². The van der Waals surface area contributed by atoms with Crippen molar-refractivity contribution in [2.24, 2.45) is 0 Å². The van der Waals surface area contributed by atoms with Crippen molar-refractivity contribution in [2.75, 3.05) is 25.9 Å². The van der Waals surface area contributed by atoms with Crippen molar-refractivity contribution >= 4 is 27.3 Å². The van der Waals surface area contributed by atoms with Crippen molar-refractivity contribution in [3.05, 3.63) is 47.3 Å². The summed E-state index contributed by atoms with van der Waals surface area (Å²) in [6.45, 7) is 3.31. The second-order valence-electron chi connectivity index (χ2n) is 6.63. The summed E-state index contributed by atoms with van der Waals surface area (Å²) >= 11 is 6.44. The molecule has 0 amide bonds. The molecule has 1 atom stereocenters. The van der Waals surface area contributed by atoms with Crippen LogP contribution in [-0.2, 0) is 10.0 Å². The Morgan fingerprint density at radius 2 is 2.04 bits per heavy atom. The van der Waals surface area contributed by atoms with Gasteiger partial charge in [-0.3, -0.25) is 9.88 Å². The molecule has 0 aliphatic carbocycles. The number of aromatic nitrogens is 1. The summed E-state index contributed by atoms with van der Waals surface area (Å²) in [7, 11) is -1.13. The van der Waals surface area contributed by atoms with Gasteiger partial charge in [0.1, 0.15) is 6.17 Å². The van der Waals surface area contributed by atoms with E-state index in [-0.39, 0.29) is 18.0 Å². The van der Waals surface area contributed by atoms with Crippen LogP contribution in [0.3, 0.4) is 0 Å². The molecule has 1 aromatic heterocycles. The van der Waals surface area contributed by atoms with Gasteiger partial charge >= 0.3 is 0 Å². The van der Waals surface area contributed by atoms with Crippen LogP contribution < -0.4 is 4.72 Å². The number of piperidine rings is 1. The average molecular weight is 397 g/mol. The molecule has 0 spiro atoms. The monoisotopic (exact) mass is 396 g/mol. The number of nitrogens with zero attached hydrogens (tertiary/aromatic N) is 3. The molecule has 0 radical (unpaired) electrons. The van der Waals surface area contributed by atoms with E-state index in [1.165, 1.54) is 0 Å². The molecule has 0 saturated carbocycles. The minimum absolute atomic E-state index is 0.0171. The molecular formula is C18H25ClN4O2S. The summed E-state index contributed by atoms with van der Waals surface area (Å²) in [4.78, 5) is 8.92. The standard InChI is InChI=1S/C18H25ClN4O2S/c1-3-26(24,25)21-14-9-12-23(13-10-14)17-8-7-15(19)18(22(17)2)16-6-4-5-11-20-16/h4-8,11,14,17,21H,3,9-10,12-13H2,1-2H3. The summed E-state index contributed by atoms with van der Waals surface area (Å²) in [5.74, 6) is 0.123. The zero-order chi connectivity index (χ0) is 18.7. The number of allylic oxidation sites excluding steroid dienone is 2. The van der Waals surface area contributed by atoms with Crippen LogP contribution in [-0.4, -0.2) is 61.3 Å². The third-order valence-electron chi connectivity index (χ3n) is 4.93. The average Bonchev–Trinajstić information content (AvgIpc) is 2.63. The van der Waals surface area contributed by atoms with Gasteiger partial charge in [-0.15, -0.1) is 0 Å². The molecule has 6 nitrogen and oxygen atoms in total. The van der Waals surface area contributed by atoms with E-state index in [1.807, 2.05) is 31.3 Å². The zero-order valence-corrected chi connectivity index (χ0v) is 16.7. The van der Waals surface area contributed by atoms with Gasteiger partial charge in [0.15, 0.2) is 0 Å². The highest BCUT2D eigenvalue weighted by atomic mass is 35.5. The first-order chi connectivity index (χ1) is 12.4. The number of hydrogen-bond acceptors (Lipinski definition) is 5. The second kappa shape index (κ2) is 8.08. The van der Waals surface area contributed by atoms with Gasteiger partial charge in [0.2, 0.25) is 10.0 Å². The molecule has 8 heteroatoms. The number of likely N-dealkylation sites (tertiary alicyclic amines) is 1. The highest BCUT2D eigenvalue weighted by Crippen LogP contribution is 2.31. The Morgan fingerprint density at radius 1 is 1.31 bits per heavy atom. The smallest absolute Gasteiger partial charge is 0.211 e. The predicted octanol–water partition coefficient (Wildman–Crippen LogP) is 2.22. The molecule has 3 heterocycles. The van der Waals surface area contributed by atoms with Gasteiger partial charge in [-0.1, -0.05) is 17.7 Å². The molecule has 1 fully saturated rings. The van der Waals surface area contributed by atoms with Crippen LogP contribution in [0.1, 0.15) is 25.5 Å². The van der Waals surface area contributed by atoms with E-state index in [2.05, 4.69) is 25.6 Å². The zero-order valence-electron chi connectivity index (χ0n) is 15.1. The first-order valence-electron chi connectivity index (χ1n) is 8.87. The Morgan fingerprint density at radius 3 is 2.65 bits per heavy atom. The van der Waals surface area contributed by atoms with Crippen LogP contribution in [0.25, 0.3) is 5.70 Å². The highest BCUT2D eigenvalue weighted by molar-refractivity contribution is 7.89. The normalized spacial score (nSPS) is 22.9. The van der Waals surface area contributed by atoms with E-state index in [1.54, 1.807) is 13.1 Å². The lowest BCUT2D eigenvalue weighted by Crippen LogP contribution is -2.52. The fourth-order valence-electron chi connectivity index (χ4n) is 3.47. The Bertz CT molecular complexity index is 787. The summed E-state index contributed by atoms with van der Waals surface area (Å²) in [5, 5.41) is 0.674. The van der Waals surface area contributed by atoms with E-state index in [4.69, 9.17) is 11.6 Å². The molecule has 3 rings (SSSR count). The van der Waals surface area contributed by atoms with Crippen molar-refractivity contribution in [3.63, 3.8) is 0 Å². The molecule has 0 bridgehead atoms. The molecule has 1 aromatic rings. The first-order valence-corrected chi connectivity index (χ1v) is 10.9. The maximum absolute atomic E-state index is 11.8. The van der Waals surface area contributed by atoms with Gasteiger partial charge < -0.3 is 4.90 Å². The number of hydrogen-bond donors (Lipinski definition) is 1. The van der Waals surface area contributed by atoms with E-state index >= 15 is 0 Å². The second-order valence-corrected chi connectivity index (χ2v) is 9.08. The number of pyridine rings is 1. The van der Waals surface area contributed by atoms with Crippen LogP contribution in [0, 0.1) is 0 Å². The van der Waals surface area contributed by atoms with Crippen LogP contribution in [0.15, 0.2) is 41.6 Å². The molecular weight excluding hydrogens is 372 g/mol. The van der Waals surface area contributed by atoms with Crippen LogP contribution in [0.5, 0.6) is 0 Å². The van der Waals surface area contributed by atoms with Gasteiger partial charge in [-0.2, -0.15) is 0 Å². The Kier molecular flexibility index (Phi) is 6.02. The predicted molar refractivity (Wildman–Crippen MR) is 105 cm³/mol. The molecule has 2 aliphatic rings. The van der Waals surface area contributed by atoms with Crippen LogP contribution in [0.4, 0.5) is 0 Å². The van der Waals surface area contributed by atoms with Gasteiger partial charge in [-0.05, 0) is 44.1 Å². The van der Waals surface area contributed by atoms with Crippen molar-refractivity contribution in [3.8, 4) is 0 Å². The summed E-state index contributed by atoms with van der Waals surface area (Å²) in [6.07, 6.45) is 7.46. The third kappa shape index (κ3) is 4.28. The van der Waals surface area contributed by atoms with E-state index in [9.17, 15) is 8.42 Å². The number of nitrogens with one attached hydrogen (secondary N) is 1. The Labute approximate surface area is 160 Å². The molecule has 26 heavy (non-hydrogen) atoms. The number of likely N-dealkylation sites (N-methyl/N-ethyl adjacent to an activating group) is 1. The highest BCUT2D eigenvalue weighted by Gasteiger charge is 2.31. The molecule has 142 valence electrons. The molecule has 0 aromatic carbocycles. The topological polar surface area (TPSA) is 65.5 Å². The maximum Gasteiger partial charge on any atom is 0.211 e. The molecule has 2 aliphatic heterocycles. The molecule has 1 unspecified atom stereocenters.